The smallest absolute Gasteiger partial charge is 0.460 e. The summed E-state index contributed by atoms with van der Waals surface area (Å²) in [5.41, 5.74) is 0. The van der Waals surface area contributed by atoms with Crippen molar-refractivity contribution >= 4 is 5.97 Å². The van der Waals surface area contributed by atoms with E-state index in [-0.39, 0.29) is 0 Å². The van der Waals surface area contributed by atoms with Crippen LogP contribution in [0.4, 0.5) is 57.1 Å². The summed E-state index contributed by atoms with van der Waals surface area (Å²) in [6.45, 7) is -0.317. The van der Waals surface area contributed by atoms with Crippen molar-refractivity contribution in [2.24, 2.45) is 0 Å². The molecule has 0 aliphatic heterocycles. The summed E-state index contributed by atoms with van der Waals surface area (Å²) < 4.78 is 169. The minimum absolute atomic E-state index is 0.737. The van der Waals surface area contributed by atoms with Gasteiger partial charge in [-0.2, -0.15) is 57.1 Å². The zero-order valence-electron chi connectivity index (χ0n) is 12.4. The number of carbonyl (C=O) groups is 1. The van der Waals surface area contributed by atoms with Crippen LogP contribution in [0.25, 0.3) is 0 Å². The van der Waals surface area contributed by atoms with Gasteiger partial charge in [0.15, 0.2) is 0 Å². The van der Waals surface area contributed by atoms with Gasteiger partial charge < -0.3 is 4.74 Å². The van der Waals surface area contributed by atoms with Crippen LogP contribution < -0.4 is 0 Å². The number of alkyl halides is 13. The van der Waals surface area contributed by atoms with Gasteiger partial charge in [-0.1, -0.05) is 0 Å². The Balaban J connectivity index is 5.74. The minimum atomic E-state index is -7.90. The van der Waals surface area contributed by atoms with E-state index in [1.165, 1.54) is 0 Å². The lowest BCUT2D eigenvalue weighted by atomic mass is 9.92. The van der Waals surface area contributed by atoms with E-state index in [2.05, 4.69) is 4.74 Å². The quantitative estimate of drug-likeness (QED) is 0.312. The number of rotatable bonds is 8. The third-order valence-electron chi connectivity index (χ3n) is 2.94. The van der Waals surface area contributed by atoms with Crippen LogP contribution >= 0.6 is 0 Å². The zero-order chi connectivity index (χ0) is 21.4. The largest absolute Gasteiger partial charge is 0.466 e. The molecule has 0 spiro atoms. The molecule has 0 rings (SSSR count). The summed E-state index contributed by atoms with van der Waals surface area (Å²) in [7, 11) is 0. The maximum Gasteiger partial charge on any atom is 0.460 e. The van der Waals surface area contributed by atoms with E-state index in [0.717, 1.165) is 6.92 Å². The van der Waals surface area contributed by atoms with E-state index in [0.29, 0.717) is 0 Å². The predicted octanol–water partition coefficient (Wildman–Crippen LogP) is 5.07. The fraction of sp³-hybridized carbons (Fsp3) is 0.909. The first-order valence-electron chi connectivity index (χ1n) is 6.26. The van der Waals surface area contributed by atoms with Gasteiger partial charge in [0.05, 0.1) is 6.61 Å². The lowest BCUT2D eigenvalue weighted by Crippen LogP contribution is -2.70. The zero-order valence-corrected chi connectivity index (χ0v) is 12.4. The van der Waals surface area contributed by atoms with Crippen LogP contribution in [-0.4, -0.2) is 48.4 Å². The Morgan fingerprint density at radius 2 is 1.08 bits per heavy atom. The molecule has 0 N–H and O–H groups in total. The fourth-order valence-electron chi connectivity index (χ4n) is 1.47. The normalized spacial score (nSPS) is 15.2. The van der Waals surface area contributed by atoms with Crippen LogP contribution in [0.1, 0.15) is 19.8 Å². The second kappa shape index (κ2) is 6.94. The van der Waals surface area contributed by atoms with Gasteiger partial charge in [0, 0.05) is 13.3 Å². The van der Waals surface area contributed by atoms with E-state index < -0.39 is 61.2 Å². The maximum absolute atomic E-state index is 13.2. The Morgan fingerprint density at radius 1 is 0.692 bits per heavy atom. The topological polar surface area (TPSA) is 26.3 Å². The molecule has 0 atom stereocenters. The molecule has 0 unspecified atom stereocenters. The molecule has 0 aliphatic rings. The first-order valence-corrected chi connectivity index (χ1v) is 6.26. The maximum atomic E-state index is 13.2. The number of halogens is 13. The molecule has 26 heavy (non-hydrogen) atoms. The predicted molar refractivity (Wildman–Crippen MR) is 56.7 cm³/mol. The molecule has 2 nitrogen and oxygen atoms in total. The van der Waals surface area contributed by atoms with Crippen molar-refractivity contribution in [1.82, 2.24) is 0 Å². The van der Waals surface area contributed by atoms with Gasteiger partial charge in [-0.05, 0) is 6.42 Å². The molecule has 0 saturated heterocycles. The van der Waals surface area contributed by atoms with E-state index in [4.69, 9.17) is 0 Å². The Hall–Kier alpha value is -1.44. The van der Waals surface area contributed by atoms with Crippen molar-refractivity contribution in [1.29, 1.82) is 0 Å². The summed E-state index contributed by atoms with van der Waals surface area (Å²) in [5, 5.41) is 0. The van der Waals surface area contributed by atoms with Crippen LogP contribution in [-0.2, 0) is 9.53 Å². The SMILES string of the molecule is CC(=O)OCCCC(F)(F)C(F)(F)C(F)(F)C(F)(F)C(F)(F)C(F)(F)F. The standard InChI is InChI=1S/C11H9F13O2/c1-5(25)26-4-2-3-6(12,13)7(14,15)8(16,17)9(18,19)10(20,21)11(22,23)24/h2-4H2,1H3. The molecular formula is C11H9F13O2. The Labute approximate surface area is 136 Å². The van der Waals surface area contributed by atoms with Gasteiger partial charge in [0.1, 0.15) is 0 Å². The molecule has 0 aromatic rings. The highest BCUT2D eigenvalue weighted by Gasteiger charge is 2.90. The van der Waals surface area contributed by atoms with E-state index in [9.17, 15) is 61.9 Å². The first kappa shape index (κ1) is 24.6. The average molecular weight is 420 g/mol. The molecule has 0 aliphatic carbocycles. The van der Waals surface area contributed by atoms with E-state index in [1.807, 2.05) is 0 Å². The summed E-state index contributed by atoms with van der Waals surface area (Å²) in [5.74, 6) is -38.0. The lowest BCUT2D eigenvalue weighted by molar-refractivity contribution is -0.440. The Morgan fingerprint density at radius 3 is 1.42 bits per heavy atom. The van der Waals surface area contributed by atoms with Crippen molar-refractivity contribution in [2.45, 2.75) is 55.6 Å². The highest BCUT2D eigenvalue weighted by atomic mass is 19.4. The van der Waals surface area contributed by atoms with Crippen LogP contribution in [0.3, 0.4) is 0 Å². The molecule has 0 aromatic carbocycles. The van der Waals surface area contributed by atoms with Gasteiger partial charge in [0.25, 0.3) is 0 Å². The third kappa shape index (κ3) is 3.94. The molecule has 0 heterocycles. The van der Waals surface area contributed by atoms with Gasteiger partial charge in [-0.25, -0.2) is 0 Å². The van der Waals surface area contributed by atoms with E-state index in [1.54, 1.807) is 0 Å². The number of carbonyl (C=O) groups excluding carboxylic acids is 1. The second-order valence-corrected chi connectivity index (χ2v) is 4.94. The van der Waals surface area contributed by atoms with Gasteiger partial charge >= 0.3 is 41.8 Å². The summed E-state index contributed by atoms with van der Waals surface area (Å²) in [6, 6.07) is 0. The molecule has 0 aromatic heterocycles. The number of hydrogen-bond acceptors (Lipinski definition) is 2. The van der Waals surface area contributed by atoms with Gasteiger partial charge in [-0.3, -0.25) is 4.79 Å². The third-order valence-corrected chi connectivity index (χ3v) is 2.94. The second-order valence-electron chi connectivity index (χ2n) is 4.94. The molecule has 0 bridgehead atoms. The molecule has 0 radical (unpaired) electrons. The first-order chi connectivity index (χ1) is 11.2. The van der Waals surface area contributed by atoms with Crippen molar-refractivity contribution in [3.8, 4) is 0 Å². The lowest BCUT2D eigenvalue weighted by Gasteiger charge is -2.39. The van der Waals surface area contributed by atoms with Crippen molar-refractivity contribution in [2.75, 3.05) is 6.61 Å². The summed E-state index contributed by atoms with van der Waals surface area (Å²) in [6.07, 6.45) is -11.1. The van der Waals surface area contributed by atoms with Crippen molar-refractivity contribution in [3.63, 3.8) is 0 Å². The summed E-state index contributed by atoms with van der Waals surface area (Å²) >= 11 is 0. The highest BCUT2D eigenvalue weighted by molar-refractivity contribution is 5.65. The van der Waals surface area contributed by atoms with Crippen LogP contribution in [0.15, 0.2) is 0 Å². The molecule has 0 amide bonds. The molecule has 156 valence electrons. The summed E-state index contributed by atoms with van der Waals surface area (Å²) in [4.78, 5) is 10.3. The monoisotopic (exact) mass is 420 g/mol. The molecule has 15 heteroatoms. The average Bonchev–Trinajstić information content (AvgIpc) is 2.41. The fourth-order valence-corrected chi connectivity index (χ4v) is 1.47. The van der Waals surface area contributed by atoms with Crippen molar-refractivity contribution in [3.05, 3.63) is 0 Å². The number of ether oxygens (including phenoxy) is 1. The van der Waals surface area contributed by atoms with Crippen LogP contribution in [0.5, 0.6) is 0 Å². The van der Waals surface area contributed by atoms with Crippen LogP contribution in [0.2, 0.25) is 0 Å². The molecule has 0 saturated carbocycles. The number of esters is 1. The Kier molecular flexibility index (Phi) is 6.56. The van der Waals surface area contributed by atoms with Gasteiger partial charge in [0.2, 0.25) is 0 Å². The Bertz CT molecular complexity index is 509. The molecular weight excluding hydrogens is 411 g/mol. The van der Waals surface area contributed by atoms with Gasteiger partial charge in [-0.15, -0.1) is 0 Å². The molecule has 0 fully saturated rings. The van der Waals surface area contributed by atoms with E-state index >= 15 is 0 Å². The van der Waals surface area contributed by atoms with Crippen LogP contribution in [0, 0.1) is 0 Å². The number of hydrogen-bond donors (Lipinski definition) is 0. The van der Waals surface area contributed by atoms with Crippen molar-refractivity contribution < 1.29 is 66.6 Å². The minimum Gasteiger partial charge on any atom is -0.466 e. The highest BCUT2D eigenvalue weighted by Crippen LogP contribution is 2.60.